The van der Waals surface area contributed by atoms with Gasteiger partial charge in [-0.3, -0.25) is 9.69 Å². The Kier molecular flexibility index (Phi) is 6.85. The lowest BCUT2D eigenvalue weighted by molar-refractivity contribution is 0.0724. The van der Waals surface area contributed by atoms with Gasteiger partial charge in [-0.15, -0.1) is 0 Å². The van der Waals surface area contributed by atoms with Gasteiger partial charge in [0.2, 0.25) is 0 Å². The summed E-state index contributed by atoms with van der Waals surface area (Å²) in [5.74, 6) is 0.490. The predicted octanol–water partition coefficient (Wildman–Crippen LogP) is 4.58. The molecule has 5 nitrogen and oxygen atoms in total. The van der Waals surface area contributed by atoms with Crippen LogP contribution >= 0.6 is 11.6 Å². The first-order chi connectivity index (χ1) is 14.6. The van der Waals surface area contributed by atoms with E-state index in [-0.39, 0.29) is 17.8 Å². The van der Waals surface area contributed by atoms with Crippen LogP contribution in [-0.4, -0.2) is 52.9 Å². The van der Waals surface area contributed by atoms with Crippen molar-refractivity contribution in [3.63, 3.8) is 0 Å². The predicted molar refractivity (Wildman–Crippen MR) is 117 cm³/mol. The fraction of sp³-hybridized carbons (Fsp3) is 0.478. The summed E-state index contributed by atoms with van der Waals surface area (Å²) in [4.78, 5) is 21.2. The van der Waals surface area contributed by atoms with Crippen LogP contribution in [0.25, 0.3) is 0 Å². The molecule has 0 bridgehead atoms. The Morgan fingerprint density at radius 2 is 1.87 bits per heavy atom. The van der Waals surface area contributed by atoms with Crippen LogP contribution in [0.3, 0.4) is 0 Å². The monoisotopic (exact) mass is 430 g/mol. The minimum atomic E-state index is -0.145. The Morgan fingerprint density at radius 1 is 1.13 bits per heavy atom. The van der Waals surface area contributed by atoms with Crippen LogP contribution in [0.15, 0.2) is 36.5 Å². The molecule has 0 atom stereocenters. The van der Waals surface area contributed by atoms with E-state index in [0.717, 1.165) is 57.4 Å². The molecule has 0 spiro atoms. The number of halogens is 2. The number of amides is 1. The Hall–Kier alpha value is -2.18. The topological polar surface area (TPSA) is 48.5 Å². The first kappa shape index (κ1) is 21.1. The molecule has 30 heavy (non-hydrogen) atoms. The molecule has 0 unspecified atom stereocenters. The van der Waals surface area contributed by atoms with Crippen LogP contribution in [0.1, 0.15) is 48.0 Å². The number of nitrogens with one attached hydrogen (secondary N) is 1. The molecule has 7 heteroatoms. The summed E-state index contributed by atoms with van der Waals surface area (Å²) in [5, 5.41) is 3.90. The number of anilines is 1. The molecule has 2 aliphatic heterocycles. The number of rotatable bonds is 5. The molecular weight excluding hydrogens is 403 g/mol. The lowest BCUT2D eigenvalue weighted by Gasteiger charge is -2.33. The highest BCUT2D eigenvalue weighted by atomic mass is 35.5. The Morgan fingerprint density at radius 3 is 2.57 bits per heavy atom. The SMILES string of the molecule is O=C(c1cnc(NC2CCN(Cc3ccccc3F)CC2)c(Cl)c1)N1CCCCC1. The molecule has 2 fully saturated rings. The van der Waals surface area contributed by atoms with Gasteiger partial charge in [0.15, 0.2) is 0 Å². The first-order valence-corrected chi connectivity index (χ1v) is 11.1. The van der Waals surface area contributed by atoms with Crippen molar-refractivity contribution in [1.82, 2.24) is 14.8 Å². The maximum atomic E-state index is 13.9. The van der Waals surface area contributed by atoms with E-state index in [2.05, 4.69) is 15.2 Å². The molecular formula is C23H28ClFN4O. The maximum absolute atomic E-state index is 13.9. The van der Waals surface area contributed by atoms with Crippen molar-refractivity contribution < 1.29 is 9.18 Å². The van der Waals surface area contributed by atoms with Gasteiger partial charge in [0.05, 0.1) is 10.6 Å². The third-order valence-corrected chi connectivity index (χ3v) is 6.30. The summed E-state index contributed by atoms with van der Waals surface area (Å²) in [5.41, 5.74) is 1.29. The van der Waals surface area contributed by atoms with Crippen LogP contribution in [0.4, 0.5) is 10.2 Å². The Labute approximate surface area is 182 Å². The van der Waals surface area contributed by atoms with Crippen LogP contribution < -0.4 is 5.32 Å². The standard InChI is InChI=1S/C23H28ClFN4O/c24-20-14-18(23(30)29-10-4-1-5-11-29)15-26-22(20)27-19-8-12-28(13-9-19)16-17-6-2-3-7-21(17)25/h2-3,6-7,14-15,19H,1,4-5,8-13,16H2,(H,26,27). The number of pyridine rings is 1. The zero-order chi connectivity index (χ0) is 20.9. The van der Waals surface area contributed by atoms with Crippen LogP contribution in [0.2, 0.25) is 5.02 Å². The summed E-state index contributed by atoms with van der Waals surface area (Å²) in [6.07, 6.45) is 6.79. The second kappa shape index (κ2) is 9.75. The molecule has 0 saturated carbocycles. The maximum Gasteiger partial charge on any atom is 0.255 e. The lowest BCUT2D eigenvalue weighted by atomic mass is 10.0. The molecule has 2 aromatic rings. The average Bonchev–Trinajstić information content (AvgIpc) is 2.78. The molecule has 3 heterocycles. The molecule has 160 valence electrons. The van der Waals surface area contributed by atoms with Crippen molar-refractivity contribution in [3.8, 4) is 0 Å². The number of nitrogens with zero attached hydrogens (tertiary/aromatic N) is 3. The van der Waals surface area contributed by atoms with E-state index < -0.39 is 0 Å². The molecule has 0 aliphatic carbocycles. The second-order valence-electron chi connectivity index (χ2n) is 8.19. The number of hydrogen-bond donors (Lipinski definition) is 1. The number of likely N-dealkylation sites (tertiary alicyclic amines) is 2. The smallest absolute Gasteiger partial charge is 0.255 e. The van der Waals surface area contributed by atoms with Crippen molar-refractivity contribution in [3.05, 3.63) is 58.5 Å². The minimum Gasteiger partial charge on any atom is -0.366 e. The van der Waals surface area contributed by atoms with E-state index in [4.69, 9.17) is 11.6 Å². The van der Waals surface area contributed by atoms with Crippen molar-refractivity contribution >= 4 is 23.3 Å². The van der Waals surface area contributed by atoms with Gasteiger partial charge < -0.3 is 10.2 Å². The van der Waals surface area contributed by atoms with E-state index in [9.17, 15) is 9.18 Å². The van der Waals surface area contributed by atoms with E-state index in [1.54, 1.807) is 18.3 Å². The molecule has 0 radical (unpaired) electrons. The Bertz CT molecular complexity index is 879. The number of carbonyl (C=O) groups excluding carboxylic acids is 1. The highest BCUT2D eigenvalue weighted by molar-refractivity contribution is 6.33. The van der Waals surface area contributed by atoms with Gasteiger partial charge in [-0.1, -0.05) is 29.8 Å². The van der Waals surface area contributed by atoms with Gasteiger partial charge in [0, 0.05) is 50.5 Å². The third-order valence-electron chi connectivity index (χ3n) is 6.01. The van der Waals surface area contributed by atoms with Gasteiger partial charge in [-0.25, -0.2) is 9.37 Å². The summed E-state index contributed by atoms with van der Waals surface area (Å²) in [6, 6.07) is 8.93. The molecule has 1 aromatic heterocycles. The van der Waals surface area contributed by atoms with E-state index in [1.165, 1.54) is 12.5 Å². The fourth-order valence-electron chi connectivity index (χ4n) is 4.24. The number of piperidine rings is 2. The quantitative estimate of drug-likeness (QED) is 0.754. The highest BCUT2D eigenvalue weighted by Gasteiger charge is 2.23. The van der Waals surface area contributed by atoms with Crippen molar-refractivity contribution in [2.75, 3.05) is 31.5 Å². The number of aromatic nitrogens is 1. The molecule has 2 saturated heterocycles. The first-order valence-electron chi connectivity index (χ1n) is 10.8. The number of benzene rings is 1. The van der Waals surface area contributed by atoms with Crippen LogP contribution in [-0.2, 0) is 6.54 Å². The number of carbonyl (C=O) groups is 1. The highest BCUT2D eigenvalue weighted by Crippen LogP contribution is 2.25. The zero-order valence-corrected chi connectivity index (χ0v) is 17.9. The second-order valence-corrected chi connectivity index (χ2v) is 8.60. The van der Waals surface area contributed by atoms with Crippen LogP contribution in [0.5, 0.6) is 0 Å². The third kappa shape index (κ3) is 5.10. The summed E-state index contributed by atoms with van der Waals surface area (Å²) in [7, 11) is 0. The van der Waals surface area contributed by atoms with Gasteiger partial charge >= 0.3 is 0 Å². The van der Waals surface area contributed by atoms with E-state index in [0.29, 0.717) is 22.9 Å². The summed E-state index contributed by atoms with van der Waals surface area (Å²) >= 11 is 6.44. The molecule has 1 aromatic carbocycles. The fourth-order valence-corrected chi connectivity index (χ4v) is 4.46. The molecule has 1 amide bonds. The minimum absolute atomic E-state index is 0.0112. The molecule has 4 rings (SSSR count). The normalized spacial score (nSPS) is 18.4. The summed E-state index contributed by atoms with van der Waals surface area (Å²) in [6.45, 7) is 4.01. The van der Waals surface area contributed by atoms with E-state index in [1.807, 2.05) is 17.0 Å². The van der Waals surface area contributed by atoms with Gasteiger partial charge in [-0.2, -0.15) is 0 Å². The van der Waals surface area contributed by atoms with Crippen molar-refractivity contribution in [2.24, 2.45) is 0 Å². The van der Waals surface area contributed by atoms with Gasteiger partial charge in [0.25, 0.3) is 5.91 Å². The van der Waals surface area contributed by atoms with Crippen molar-refractivity contribution in [1.29, 1.82) is 0 Å². The Balaban J connectivity index is 1.30. The molecule has 2 aliphatic rings. The largest absolute Gasteiger partial charge is 0.366 e. The van der Waals surface area contributed by atoms with Crippen LogP contribution in [0, 0.1) is 5.82 Å². The average molecular weight is 431 g/mol. The molecule has 1 N–H and O–H groups in total. The summed E-state index contributed by atoms with van der Waals surface area (Å²) < 4.78 is 13.9. The zero-order valence-electron chi connectivity index (χ0n) is 17.1. The number of hydrogen-bond acceptors (Lipinski definition) is 4. The lowest BCUT2D eigenvalue weighted by Crippen LogP contribution is -2.39. The van der Waals surface area contributed by atoms with Crippen molar-refractivity contribution in [2.45, 2.75) is 44.7 Å². The van der Waals surface area contributed by atoms with Gasteiger partial charge in [-0.05, 0) is 44.2 Å². The van der Waals surface area contributed by atoms with Gasteiger partial charge in [0.1, 0.15) is 11.6 Å². The van der Waals surface area contributed by atoms with E-state index >= 15 is 0 Å².